The van der Waals surface area contributed by atoms with Crippen LogP contribution in [0.1, 0.15) is 32.6 Å². The Kier molecular flexibility index (Phi) is 4.74. The summed E-state index contributed by atoms with van der Waals surface area (Å²) in [4.78, 5) is 18.4. The fraction of sp³-hybridized carbons (Fsp3) is 0.462. The largest absolute Gasteiger partial charge is 0.326 e. The predicted molar refractivity (Wildman–Crippen MR) is 74.4 cm³/mol. The summed E-state index contributed by atoms with van der Waals surface area (Å²) in [6, 6.07) is 5.91. The lowest BCUT2D eigenvalue weighted by Gasteiger charge is -2.12. The number of hydrogen-bond donors (Lipinski definition) is 2. The fourth-order valence-corrected chi connectivity index (χ4v) is 2.96. The molecule has 2 rings (SSSR count). The van der Waals surface area contributed by atoms with E-state index in [9.17, 15) is 13.2 Å². The summed E-state index contributed by atoms with van der Waals surface area (Å²) < 4.78 is 24.0. The average Bonchev–Trinajstić information content (AvgIpc) is 2.89. The van der Waals surface area contributed by atoms with E-state index < -0.39 is 10.0 Å². The molecule has 1 amide bonds. The van der Waals surface area contributed by atoms with Gasteiger partial charge in [-0.1, -0.05) is 17.7 Å². The van der Waals surface area contributed by atoms with Gasteiger partial charge in [0.25, 0.3) is 10.0 Å². The zero-order chi connectivity index (χ0) is 14.6. The smallest absolute Gasteiger partial charge is 0.262 e. The zero-order valence-electron chi connectivity index (χ0n) is 11.3. The van der Waals surface area contributed by atoms with Gasteiger partial charge in [0.15, 0.2) is 0 Å². The third kappa shape index (κ3) is 4.03. The van der Waals surface area contributed by atoms with Gasteiger partial charge in [-0.3, -0.25) is 9.63 Å². The molecule has 0 heterocycles. The number of benzene rings is 1. The van der Waals surface area contributed by atoms with Gasteiger partial charge in [0.2, 0.25) is 5.91 Å². The molecule has 1 aromatic rings. The van der Waals surface area contributed by atoms with E-state index in [1.807, 2.05) is 0 Å². The maximum absolute atomic E-state index is 12.0. The lowest BCUT2D eigenvalue weighted by atomic mass is 10.3. The van der Waals surface area contributed by atoms with Crippen molar-refractivity contribution in [1.82, 2.24) is 4.89 Å². The minimum Gasteiger partial charge on any atom is -0.326 e. The predicted octanol–water partition coefficient (Wildman–Crippen LogP) is 1.80. The van der Waals surface area contributed by atoms with Crippen molar-refractivity contribution in [3.05, 3.63) is 24.3 Å². The standard InChI is InChI=1S/C13H18N2O4S/c1-10(16)14-11-6-8-13(9-7-11)20(17,18)15-19-12-4-2-3-5-12/h6-9,12,15H,2-5H2,1H3,(H,14,16). The fourth-order valence-electron chi connectivity index (χ4n) is 2.11. The van der Waals surface area contributed by atoms with Gasteiger partial charge in [-0.05, 0) is 37.1 Å². The molecule has 0 radical (unpaired) electrons. The normalized spacial score (nSPS) is 16.2. The van der Waals surface area contributed by atoms with E-state index in [1.54, 1.807) is 0 Å². The van der Waals surface area contributed by atoms with Gasteiger partial charge >= 0.3 is 0 Å². The van der Waals surface area contributed by atoms with Crippen molar-refractivity contribution >= 4 is 21.6 Å². The van der Waals surface area contributed by atoms with Crippen LogP contribution in [0, 0.1) is 0 Å². The van der Waals surface area contributed by atoms with Crippen LogP contribution in [0.2, 0.25) is 0 Å². The van der Waals surface area contributed by atoms with Crippen LogP contribution in [-0.4, -0.2) is 20.4 Å². The van der Waals surface area contributed by atoms with E-state index in [0.717, 1.165) is 25.7 Å². The number of rotatable bonds is 5. The van der Waals surface area contributed by atoms with Gasteiger partial charge in [0, 0.05) is 12.6 Å². The summed E-state index contributed by atoms with van der Waals surface area (Å²) in [6.07, 6.45) is 3.85. The molecule has 1 aromatic carbocycles. The number of amides is 1. The molecule has 2 N–H and O–H groups in total. The Balaban J connectivity index is 1.99. The number of carbonyl (C=O) groups is 1. The molecular formula is C13H18N2O4S. The van der Waals surface area contributed by atoms with Crippen LogP contribution >= 0.6 is 0 Å². The number of anilines is 1. The van der Waals surface area contributed by atoms with Crippen LogP contribution in [0.4, 0.5) is 5.69 Å². The highest BCUT2D eigenvalue weighted by Crippen LogP contribution is 2.21. The van der Waals surface area contributed by atoms with Gasteiger partial charge < -0.3 is 5.32 Å². The molecule has 1 aliphatic rings. The summed E-state index contributed by atoms with van der Waals surface area (Å²) in [5.41, 5.74) is 0.549. The minimum atomic E-state index is -3.68. The summed E-state index contributed by atoms with van der Waals surface area (Å²) in [5, 5.41) is 2.57. The molecule has 0 atom stereocenters. The van der Waals surface area contributed by atoms with E-state index in [-0.39, 0.29) is 16.9 Å². The quantitative estimate of drug-likeness (QED) is 0.812. The second kappa shape index (κ2) is 6.34. The van der Waals surface area contributed by atoms with Crippen molar-refractivity contribution in [2.24, 2.45) is 0 Å². The van der Waals surface area contributed by atoms with Gasteiger partial charge in [-0.25, -0.2) is 8.42 Å². The first-order chi connectivity index (χ1) is 9.47. The van der Waals surface area contributed by atoms with Crippen LogP contribution in [-0.2, 0) is 19.7 Å². The first-order valence-electron chi connectivity index (χ1n) is 6.52. The summed E-state index contributed by atoms with van der Waals surface area (Å²) in [7, 11) is -3.68. The Morgan fingerprint density at radius 2 is 1.80 bits per heavy atom. The van der Waals surface area contributed by atoms with Crippen molar-refractivity contribution in [1.29, 1.82) is 0 Å². The van der Waals surface area contributed by atoms with Crippen LogP contribution in [0.15, 0.2) is 29.2 Å². The Labute approximate surface area is 118 Å². The molecule has 6 nitrogen and oxygen atoms in total. The monoisotopic (exact) mass is 298 g/mol. The van der Waals surface area contributed by atoms with Gasteiger partial charge in [-0.15, -0.1) is 0 Å². The highest BCUT2D eigenvalue weighted by molar-refractivity contribution is 7.89. The number of carbonyl (C=O) groups excluding carboxylic acids is 1. The molecule has 1 aliphatic carbocycles. The Bertz CT molecular complexity index is 563. The topological polar surface area (TPSA) is 84.5 Å². The van der Waals surface area contributed by atoms with Crippen molar-refractivity contribution in [2.45, 2.75) is 43.6 Å². The van der Waals surface area contributed by atoms with E-state index in [4.69, 9.17) is 4.84 Å². The molecule has 7 heteroatoms. The molecule has 20 heavy (non-hydrogen) atoms. The first-order valence-corrected chi connectivity index (χ1v) is 8.01. The van der Waals surface area contributed by atoms with Crippen LogP contribution in [0.3, 0.4) is 0 Å². The van der Waals surface area contributed by atoms with Crippen LogP contribution < -0.4 is 10.2 Å². The highest BCUT2D eigenvalue weighted by Gasteiger charge is 2.20. The van der Waals surface area contributed by atoms with E-state index >= 15 is 0 Å². The number of nitrogens with one attached hydrogen (secondary N) is 2. The van der Waals surface area contributed by atoms with Gasteiger partial charge in [-0.2, -0.15) is 0 Å². The SMILES string of the molecule is CC(=O)Nc1ccc(S(=O)(=O)NOC2CCCC2)cc1. The Morgan fingerprint density at radius 3 is 2.35 bits per heavy atom. The number of hydrogen-bond acceptors (Lipinski definition) is 4. The Morgan fingerprint density at radius 1 is 1.20 bits per heavy atom. The summed E-state index contributed by atoms with van der Waals surface area (Å²) >= 11 is 0. The Hall–Kier alpha value is -1.44. The second-order valence-corrected chi connectivity index (χ2v) is 6.46. The van der Waals surface area contributed by atoms with Crippen molar-refractivity contribution in [2.75, 3.05) is 5.32 Å². The second-order valence-electron chi connectivity index (χ2n) is 4.82. The number of sulfonamides is 1. The molecule has 0 saturated heterocycles. The maximum Gasteiger partial charge on any atom is 0.262 e. The molecule has 1 saturated carbocycles. The van der Waals surface area contributed by atoms with Gasteiger partial charge in [0.1, 0.15) is 0 Å². The van der Waals surface area contributed by atoms with Crippen LogP contribution in [0.25, 0.3) is 0 Å². The molecule has 1 fully saturated rings. The lowest BCUT2D eigenvalue weighted by molar-refractivity contribution is -0.114. The van der Waals surface area contributed by atoms with Crippen molar-refractivity contribution < 1.29 is 18.0 Å². The van der Waals surface area contributed by atoms with Gasteiger partial charge in [0.05, 0.1) is 11.0 Å². The first kappa shape index (κ1) is 15.0. The molecule has 0 aliphatic heterocycles. The third-order valence-corrected chi connectivity index (χ3v) is 4.32. The molecule has 0 spiro atoms. The van der Waals surface area contributed by atoms with E-state index in [1.165, 1.54) is 31.2 Å². The highest BCUT2D eigenvalue weighted by atomic mass is 32.2. The minimum absolute atomic E-state index is 0.0385. The lowest BCUT2D eigenvalue weighted by Crippen LogP contribution is -2.28. The third-order valence-electron chi connectivity index (χ3n) is 3.11. The molecular weight excluding hydrogens is 280 g/mol. The zero-order valence-corrected chi connectivity index (χ0v) is 12.1. The maximum atomic E-state index is 12.0. The average molecular weight is 298 g/mol. The van der Waals surface area contributed by atoms with Crippen molar-refractivity contribution in [3.63, 3.8) is 0 Å². The molecule has 110 valence electrons. The summed E-state index contributed by atoms with van der Waals surface area (Å²) in [5.74, 6) is -0.205. The molecule has 0 aromatic heterocycles. The van der Waals surface area contributed by atoms with Crippen molar-refractivity contribution in [3.8, 4) is 0 Å². The van der Waals surface area contributed by atoms with E-state index in [0.29, 0.717) is 5.69 Å². The molecule has 0 unspecified atom stereocenters. The van der Waals surface area contributed by atoms with E-state index in [2.05, 4.69) is 10.2 Å². The molecule has 0 bridgehead atoms. The van der Waals surface area contributed by atoms with Crippen LogP contribution in [0.5, 0.6) is 0 Å². The summed E-state index contributed by atoms with van der Waals surface area (Å²) in [6.45, 7) is 1.39.